The Hall–Kier alpha value is -1.51. The van der Waals surface area contributed by atoms with Gasteiger partial charge in [-0.2, -0.15) is 0 Å². The van der Waals surface area contributed by atoms with Crippen LogP contribution in [-0.4, -0.2) is 52.5 Å². The van der Waals surface area contributed by atoms with E-state index in [1.807, 2.05) is 0 Å². The summed E-state index contributed by atoms with van der Waals surface area (Å²) in [5.74, 6) is -0.0481. The summed E-state index contributed by atoms with van der Waals surface area (Å²) >= 11 is 5.94. The van der Waals surface area contributed by atoms with E-state index in [2.05, 4.69) is 5.32 Å². The molecule has 1 amide bonds. The number of carbonyl (C=O) groups excluding carboxylic acids is 1. The lowest BCUT2D eigenvalue weighted by Gasteiger charge is -2.34. The minimum Gasteiger partial charge on any atom is -0.476 e. The van der Waals surface area contributed by atoms with Crippen LogP contribution in [0.25, 0.3) is 0 Å². The molecular weight excluding hydrogens is 356 g/mol. The molecule has 1 N–H and O–H groups in total. The second-order valence-corrected chi connectivity index (χ2v) is 8.24. The van der Waals surface area contributed by atoms with Gasteiger partial charge in [0.25, 0.3) is 5.91 Å². The van der Waals surface area contributed by atoms with Gasteiger partial charge in [-0.3, -0.25) is 9.10 Å². The van der Waals surface area contributed by atoms with Gasteiger partial charge in [-0.25, -0.2) is 8.42 Å². The third-order valence-corrected chi connectivity index (χ3v) is 5.39. The van der Waals surface area contributed by atoms with Crippen LogP contribution in [-0.2, 0) is 19.6 Å². The molecule has 3 rings (SSSR count). The molecule has 1 fully saturated rings. The molecule has 0 radical (unpaired) electrons. The molecule has 0 aromatic heterocycles. The van der Waals surface area contributed by atoms with E-state index < -0.39 is 16.1 Å². The number of fused-ring (bicyclic) bond motifs is 1. The fourth-order valence-corrected chi connectivity index (χ4v) is 3.88. The van der Waals surface area contributed by atoms with Crippen molar-refractivity contribution in [3.63, 3.8) is 0 Å². The Bertz CT molecular complexity index is 733. The average molecular weight is 375 g/mol. The van der Waals surface area contributed by atoms with Gasteiger partial charge in [0, 0.05) is 18.2 Å². The molecule has 0 saturated carbocycles. The van der Waals surface area contributed by atoms with Crippen molar-refractivity contribution in [3.8, 4) is 5.75 Å². The molecule has 0 spiro atoms. The van der Waals surface area contributed by atoms with E-state index in [4.69, 9.17) is 21.1 Å². The number of sulfonamides is 1. The first kappa shape index (κ1) is 17.3. The van der Waals surface area contributed by atoms with E-state index in [1.165, 1.54) is 6.07 Å². The van der Waals surface area contributed by atoms with Gasteiger partial charge in [0.05, 0.1) is 24.6 Å². The van der Waals surface area contributed by atoms with Crippen LogP contribution >= 0.6 is 11.6 Å². The SMILES string of the molecule is CS(=O)(=O)N1C[C@@H](C(=O)NC[C@@H]2CCCO2)Oc2ccc(Cl)cc21. The van der Waals surface area contributed by atoms with Gasteiger partial charge in [-0.15, -0.1) is 0 Å². The van der Waals surface area contributed by atoms with Crippen molar-refractivity contribution in [1.82, 2.24) is 5.32 Å². The maximum absolute atomic E-state index is 12.4. The molecule has 24 heavy (non-hydrogen) atoms. The molecule has 7 nitrogen and oxygen atoms in total. The summed E-state index contributed by atoms with van der Waals surface area (Å²) in [6.07, 6.45) is 2.06. The van der Waals surface area contributed by atoms with Gasteiger partial charge in [0.1, 0.15) is 5.75 Å². The van der Waals surface area contributed by atoms with Gasteiger partial charge >= 0.3 is 0 Å². The number of halogens is 1. The van der Waals surface area contributed by atoms with E-state index >= 15 is 0 Å². The molecule has 0 aliphatic carbocycles. The second kappa shape index (κ2) is 6.78. The molecule has 9 heteroatoms. The van der Waals surface area contributed by atoms with E-state index in [9.17, 15) is 13.2 Å². The van der Waals surface area contributed by atoms with E-state index in [-0.39, 0.29) is 18.6 Å². The summed E-state index contributed by atoms with van der Waals surface area (Å²) in [6, 6.07) is 4.67. The van der Waals surface area contributed by atoms with Gasteiger partial charge in [-0.05, 0) is 31.0 Å². The number of nitrogens with one attached hydrogen (secondary N) is 1. The summed E-state index contributed by atoms with van der Waals surface area (Å²) in [6.45, 7) is 1.00. The van der Waals surface area contributed by atoms with Gasteiger partial charge in [0.2, 0.25) is 10.0 Å². The first-order valence-electron chi connectivity index (χ1n) is 7.68. The fraction of sp³-hybridized carbons (Fsp3) is 0.533. The van der Waals surface area contributed by atoms with Gasteiger partial charge in [-0.1, -0.05) is 11.6 Å². The molecule has 0 unspecified atom stereocenters. The third kappa shape index (κ3) is 3.76. The maximum Gasteiger partial charge on any atom is 0.263 e. The van der Waals surface area contributed by atoms with Crippen LogP contribution in [0.15, 0.2) is 18.2 Å². The molecule has 2 atom stereocenters. The van der Waals surface area contributed by atoms with Crippen molar-refractivity contribution in [3.05, 3.63) is 23.2 Å². The zero-order valence-electron chi connectivity index (χ0n) is 13.2. The third-order valence-electron chi connectivity index (χ3n) is 4.01. The Labute approximate surface area is 145 Å². The number of hydrogen-bond donors (Lipinski definition) is 1. The van der Waals surface area contributed by atoms with Crippen LogP contribution in [0.5, 0.6) is 5.75 Å². The van der Waals surface area contributed by atoms with Crippen molar-refractivity contribution in [2.75, 3.05) is 30.3 Å². The smallest absolute Gasteiger partial charge is 0.263 e. The highest BCUT2D eigenvalue weighted by molar-refractivity contribution is 7.92. The van der Waals surface area contributed by atoms with E-state index in [0.717, 1.165) is 23.4 Å². The Morgan fingerprint density at radius 2 is 2.25 bits per heavy atom. The zero-order valence-corrected chi connectivity index (χ0v) is 14.8. The number of benzene rings is 1. The highest BCUT2D eigenvalue weighted by atomic mass is 35.5. The lowest BCUT2D eigenvalue weighted by Crippen LogP contribution is -2.51. The van der Waals surface area contributed by atoms with Crippen molar-refractivity contribution in [2.45, 2.75) is 25.0 Å². The number of nitrogens with zero attached hydrogens (tertiary/aromatic N) is 1. The van der Waals surface area contributed by atoms with Crippen molar-refractivity contribution in [2.24, 2.45) is 0 Å². The number of rotatable bonds is 4. The molecule has 2 aliphatic rings. The highest BCUT2D eigenvalue weighted by Gasteiger charge is 2.35. The van der Waals surface area contributed by atoms with Crippen LogP contribution < -0.4 is 14.4 Å². The molecule has 1 aromatic carbocycles. The maximum atomic E-state index is 12.4. The zero-order chi connectivity index (χ0) is 17.3. The van der Waals surface area contributed by atoms with Crippen molar-refractivity contribution < 1.29 is 22.7 Å². The Balaban J connectivity index is 1.76. The number of hydrogen-bond acceptors (Lipinski definition) is 5. The molecule has 132 valence electrons. The summed E-state index contributed by atoms with van der Waals surface area (Å²) in [4.78, 5) is 12.4. The van der Waals surface area contributed by atoms with E-state index in [1.54, 1.807) is 12.1 Å². The summed E-state index contributed by atoms with van der Waals surface area (Å²) < 4.78 is 36.4. The first-order chi connectivity index (χ1) is 11.3. The summed E-state index contributed by atoms with van der Waals surface area (Å²) in [5, 5.41) is 3.17. The topological polar surface area (TPSA) is 84.9 Å². The van der Waals surface area contributed by atoms with Crippen LogP contribution in [0.3, 0.4) is 0 Å². The Kier molecular flexibility index (Phi) is 4.89. The molecule has 1 aromatic rings. The Morgan fingerprint density at radius 3 is 2.92 bits per heavy atom. The van der Waals surface area contributed by atoms with Crippen LogP contribution in [0.4, 0.5) is 5.69 Å². The molecular formula is C15H19ClN2O5S. The quantitative estimate of drug-likeness (QED) is 0.854. The normalized spacial score (nSPS) is 23.5. The standard InChI is InChI=1S/C15H19ClN2O5S/c1-24(20,21)18-9-14(15(19)17-8-11-3-2-6-22-11)23-13-5-4-10(16)7-12(13)18/h4-5,7,11,14H,2-3,6,8-9H2,1H3,(H,17,19)/t11-,14-/m0/s1. The van der Waals surface area contributed by atoms with Crippen LogP contribution in [0.1, 0.15) is 12.8 Å². The minimum absolute atomic E-state index is 0.00893. The molecule has 2 aliphatic heterocycles. The summed E-state index contributed by atoms with van der Waals surface area (Å²) in [5.41, 5.74) is 0.341. The lowest BCUT2D eigenvalue weighted by atomic mass is 10.2. The van der Waals surface area contributed by atoms with Gasteiger partial charge in [0.15, 0.2) is 6.10 Å². The second-order valence-electron chi connectivity index (χ2n) is 5.89. The lowest BCUT2D eigenvalue weighted by molar-refractivity contribution is -0.128. The number of anilines is 1. The monoisotopic (exact) mass is 374 g/mol. The first-order valence-corrected chi connectivity index (χ1v) is 9.90. The highest BCUT2D eigenvalue weighted by Crippen LogP contribution is 2.37. The number of amides is 1. The molecule has 1 saturated heterocycles. The Morgan fingerprint density at radius 1 is 1.46 bits per heavy atom. The van der Waals surface area contributed by atoms with Gasteiger partial charge < -0.3 is 14.8 Å². The fourth-order valence-electron chi connectivity index (χ4n) is 2.81. The number of ether oxygens (including phenoxy) is 2. The molecule has 0 bridgehead atoms. The number of carbonyl (C=O) groups is 1. The van der Waals surface area contributed by atoms with Crippen molar-refractivity contribution >= 4 is 33.2 Å². The predicted molar refractivity (Wildman–Crippen MR) is 90.0 cm³/mol. The van der Waals surface area contributed by atoms with E-state index in [0.29, 0.717) is 29.6 Å². The minimum atomic E-state index is -3.56. The van der Waals surface area contributed by atoms with Crippen LogP contribution in [0, 0.1) is 0 Å². The molecule has 2 heterocycles. The average Bonchev–Trinajstić information content (AvgIpc) is 3.04. The predicted octanol–water partition coefficient (Wildman–Crippen LogP) is 1.16. The van der Waals surface area contributed by atoms with Crippen molar-refractivity contribution in [1.29, 1.82) is 0 Å². The van der Waals surface area contributed by atoms with Crippen LogP contribution in [0.2, 0.25) is 5.02 Å². The largest absolute Gasteiger partial charge is 0.476 e. The summed E-state index contributed by atoms with van der Waals surface area (Å²) in [7, 11) is -3.56.